The predicted octanol–water partition coefficient (Wildman–Crippen LogP) is 2.57. The molecule has 1 atom stereocenters. The third-order valence-corrected chi connectivity index (χ3v) is 5.47. The van der Waals surface area contributed by atoms with Gasteiger partial charge in [0.05, 0.1) is 18.3 Å². The lowest BCUT2D eigenvalue weighted by molar-refractivity contribution is -0.128. The first-order chi connectivity index (χ1) is 12.3. The van der Waals surface area contributed by atoms with Crippen molar-refractivity contribution in [3.63, 3.8) is 0 Å². The fourth-order valence-corrected chi connectivity index (χ4v) is 4.12. The first kappa shape index (κ1) is 16.3. The van der Waals surface area contributed by atoms with Crippen LogP contribution in [0.25, 0.3) is 0 Å². The largest absolute Gasteiger partial charge is 0.349 e. The maximum atomic E-state index is 12.8. The number of aryl methyl sites for hydroxylation is 1. The zero-order chi connectivity index (χ0) is 17.1. The molecule has 1 saturated heterocycles. The third kappa shape index (κ3) is 3.61. The van der Waals surface area contributed by atoms with Gasteiger partial charge in [-0.2, -0.15) is 5.10 Å². The van der Waals surface area contributed by atoms with Gasteiger partial charge in [0.15, 0.2) is 0 Å². The lowest BCUT2D eigenvalue weighted by atomic mass is 10.00. The molecule has 0 saturated carbocycles. The number of carbonyl (C=O) groups excluding carboxylic acids is 1. The van der Waals surface area contributed by atoms with Crippen molar-refractivity contribution in [1.82, 2.24) is 20.4 Å². The van der Waals surface area contributed by atoms with Crippen molar-refractivity contribution in [2.45, 2.75) is 57.7 Å². The van der Waals surface area contributed by atoms with Crippen LogP contribution in [0.3, 0.4) is 0 Å². The maximum Gasteiger partial charge on any atom is 0.237 e. The summed E-state index contributed by atoms with van der Waals surface area (Å²) in [5, 5.41) is 10.6. The summed E-state index contributed by atoms with van der Waals surface area (Å²) in [6.07, 6.45) is 6.60. The number of hydrogen-bond acceptors (Lipinski definition) is 3. The van der Waals surface area contributed by atoms with E-state index < -0.39 is 0 Å². The molecule has 2 aliphatic rings. The molecule has 0 unspecified atom stereocenters. The van der Waals surface area contributed by atoms with Crippen molar-refractivity contribution >= 4 is 5.91 Å². The van der Waals surface area contributed by atoms with Gasteiger partial charge in [-0.25, -0.2) is 0 Å². The topological polar surface area (TPSA) is 61.0 Å². The second-order valence-corrected chi connectivity index (χ2v) is 7.17. The van der Waals surface area contributed by atoms with Gasteiger partial charge in [0.2, 0.25) is 5.91 Å². The minimum atomic E-state index is -0.0269. The predicted molar refractivity (Wildman–Crippen MR) is 97.0 cm³/mol. The van der Waals surface area contributed by atoms with Gasteiger partial charge < -0.3 is 5.32 Å². The van der Waals surface area contributed by atoms with Crippen LogP contribution >= 0.6 is 0 Å². The molecule has 0 radical (unpaired) electrons. The maximum absolute atomic E-state index is 12.8. The van der Waals surface area contributed by atoms with E-state index in [9.17, 15) is 4.79 Å². The fourth-order valence-electron chi connectivity index (χ4n) is 4.12. The zero-order valence-corrected chi connectivity index (χ0v) is 14.6. The Hall–Kier alpha value is -2.14. The summed E-state index contributed by atoms with van der Waals surface area (Å²) in [4.78, 5) is 15.1. The van der Waals surface area contributed by atoms with Gasteiger partial charge in [-0.3, -0.25) is 14.8 Å². The van der Waals surface area contributed by atoms with Crippen LogP contribution in [0, 0.1) is 0 Å². The van der Waals surface area contributed by atoms with E-state index in [2.05, 4.69) is 44.7 Å². The number of amides is 1. The highest BCUT2D eigenvalue weighted by atomic mass is 16.2. The fraction of sp³-hybridized carbons (Fsp3) is 0.500. The molecule has 1 aromatic carbocycles. The number of fused-ring (bicyclic) bond motifs is 1. The summed E-state index contributed by atoms with van der Waals surface area (Å²) in [6.45, 7) is 2.38. The number of piperidine rings is 1. The molecule has 1 aromatic heterocycles. The van der Waals surface area contributed by atoms with Crippen LogP contribution in [0.2, 0.25) is 0 Å². The van der Waals surface area contributed by atoms with Crippen LogP contribution < -0.4 is 5.32 Å². The number of rotatable bonds is 5. The van der Waals surface area contributed by atoms with Gasteiger partial charge in [0, 0.05) is 12.2 Å². The van der Waals surface area contributed by atoms with E-state index in [0.29, 0.717) is 6.54 Å². The van der Waals surface area contributed by atoms with E-state index in [4.69, 9.17) is 0 Å². The Morgan fingerprint density at radius 2 is 2.08 bits per heavy atom. The Balaban J connectivity index is 1.38. The number of benzene rings is 1. The lowest BCUT2D eigenvalue weighted by Gasteiger charge is -2.34. The van der Waals surface area contributed by atoms with Crippen LogP contribution in [0.1, 0.15) is 48.2 Å². The van der Waals surface area contributed by atoms with Gasteiger partial charge in [-0.05, 0) is 49.8 Å². The number of hydrogen-bond donors (Lipinski definition) is 2. The lowest BCUT2D eigenvalue weighted by Crippen LogP contribution is -2.48. The molecule has 5 heteroatoms. The van der Waals surface area contributed by atoms with Crippen LogP contribution in [0.5, 0.6) is 0 Å². The average molecular weight is 338 g/mol. The monoisotopic (exact) mass is 338 g/mol. The standard InChI is InChI=1S/C20H26N4O/c25-20(21-13-18-16-9-6-10-17(16)22-23-18)19-11-4-5-12-24(19)14-15-7-2-1-3-8-15/h1-3,7-8,19H,4-6,9-14H2,(H,21,25)(H,22,23)/t19-/m0/s1. The van der Waals surface area contributed by atoms with E-state index in [-0.39, 0.29) is 11.9 Å². The van der Waals surface area contributed by atoms with Gasteiger partial charge in [-0.1, -0.05) is 36.8 Å². The van der Waals surface area contributed by atoms with Crippen molar-refractivity contribution in [2.24, 2.45) is 0 Å². The quantitative estimate of drug-likeness (QED) is 0.881. The number of carbonyl (C=O) groups is 1. The third-order valence-electron chi connectivity index (χ3n) is 5.47. The number of nitrogens with zero attached hydrogens (tertiary/aromatic N) is 2. The number of H-pyrrole nitrogens is 1. The molecule has 132 valence electrons. The number of aromatic amines is 1. The molecule has 0 bridgehead atoms. The smallest absolute Gasteiger partial charge is 0.237 e. The normalized spacial score (nSPS) is 20.4. The molecule has 4 rings (SSSR count). The molecular weight excluding hydrogens is 312 g/mol. The summed E-state index contributed by atoms with van der Waals surface area (Å²) in [5.74, 6) is 0.144. The molecule has 1 aliphatic heterocycles. The highest BCUT2D eigenvalue weighted by Gasteiger charge is 2.29. The molecule has 1 fully saturated rings. The zero-order valence-electron chi connectivity index (χ0n) is 14.6. The van der Waals surface area contributed by atoms with Crippen LogP contribution in [0.4, 0.5) is 0 Å². The van der Waals surface area contributed by atoms with Crippen LogP contribution in [-0.2, 0) is 30.7 Å². The Morgan fingerprint density at radius 3 is 2.96 bits per heavy atom. The molecule has 1 aliphatic carbocycles. The second kappa shape index (κ2) is 7.40. The summed E-state index contributed by atoms with van der Waals surface area (Å²) in [6, 6.07) is 10.4. The first-order valence-electron chi connectivity index (χ1n) is 9.42. The molecule has 0 spiro atoms. The molecule has 1 amide bonds. The summed E-state index contributed by atoms with van der Waals surface area (Å²) < 4.78 is 0. The van der Waals surface area contributed by atoms with Crippen molar-refractivity contribution in [3.05, 3.63) is 52.8 Å². The summed E-state index contributed by atoms with van der Waals surface area (Å²) >= 11 is 0. The van der Waals surface area contributed by atoms with Gasteiger partial charge in [-0.15, -0.1) is 0 Å². The minimum absolute atomic E-state index is 0.0269. The van der Waals surface area contributed by atoms with Crippen LogP contribution in [0.15, 0.2) is 30.3 Å². The Kier molecular flexibility index (Phi) is 4.83. The Labute approximate surface area is 148 Å². The molecule has 2 aromatic rings. The van der Waals surface area contributed by atoms with Crippen molar-refractivity contribution < 1.29 is 4.79 Å². The molecule has 25 heavy (non-hydrogen) atoms. The van der Waals surface area contributed by atoms with Crippen LogP contribution in [-0.4, -0.2) is 33.6 Å². The van der Waals surface area contributed by atoms with Crippen molar-refractivity contribution in [1.29, 1.82) is 0 Å². The van der Waals surface area contributed by atoms with E-state index in [1.165, 1.54) is 29.7 Å². The Bertz CT molecular complexity index is 725. The van der Waals surface area contributed by atoms with Gasteiger partial charge in [0.25, 0.3) is 0 Å². The first-order valence-corrected chi connectivity index (χ1v) is 9.42. The number of aromatic nitrogens is 2. The van der Waals surface area contributed by atoms with E-state index in [1.54, 1.807) is 0 Å². The van der Waals surface area contributed by atoms with Crippen molar-refractivity contribution in [2.75, 3.05) is 6.54 Å². The Morgan fingerprint density at radius 1 is 1.20 bits per heavy atom. The van der Waals surface area contributed by atoms with E-state index in [0.717, 1.165) is 44.5 Å². The summed E-state index contributed by atoms with van der Waals surface area (Å²) in [5.41, 5.74) is 4.87. The second-order valence-electron chi connectivity index (χ2n) is 7.17. The van der Waals surface area contributed by atoms with Crippen molar-refractivity contribution in [3.8, 4) is 0 Å². The molecule has 2 heterocycles. The SMILES string of the molecule is O=C(NCc1n[nH]c2c1CCC2)[C@@H]1CCCCN1Cc1ccccc1. The number of nitrogens with one attached hydrogen (secondary N) is 2. The summed E-state index contributed by atoms with van der Waals surface area (Å²) in [7, 11) is 0. The highest BCUT2D eigenvalue weighted by Crippen LogP contribution is 2.23. The highest BCUT2D eigenvalue weighted by molar-refractivity contribution is 5.81. The van der Waals surface area contributed by atoms with E-state index >= 15 is 0 Å². The molecule has 5 nitrogen and oxygen atoms in total. The van der Waals surface area contributed by atoms with Gasteiger partial charge >= 0.3 is 0 Å². The molecule has 2 N–H and O–H groups in total. The minimum Gasteiger partial charge on any atom is -0.349 e. The molecular formula is C20H26N4O. The average Bonchev–Trinajstić information content (AvgIpc) is 3.25. The number of likely N-dealkylation sites (tertiary alicyclic amines) is 1. The van der Waals surface area contributed by atoms with E-state index in [1.807, 2.05) is 6.07 Å². The van der Waals surface area contributed by atoms with Gasteiger partial charge in [0.1, 0.15) is 0 Å².